The maximum absolute atomic E-state index is 12.7. The molecular formula is C23H26N2O4. The van der Waals surface area contributed by atoms with E-state index in [1.807, 2.05) is 25.1 Å². The van der Waals surface area contributed by atoms with Gasteiger partial charge in [0.15, 0.2) is 0 Å². The van der Waals surface area contributed by atoms with Gasteiger partial charge < -0.3 is 15.0 Å². The molecule has 0 aliphatic carbocycles. The third kappa shape index (κ3) is 4.47. The van der Waals surface area contributed by atoms with Crippen molar-refractivity contribution in [2.45, 2.75) is 33.6 Å². The molecule has 1 aliphatic heterocycles. The van der Waals surface area contributed by atoms with Crippen LogP contribution in [0.25, 0.3) is 0 Å². The maximum Gasteiger partial charge on any atom is 0.338 e. The minimum Gasteiger partial charge on any atom is -0.462 e. The van der Waals surface area contributed by atoms with Crippen molar-refractivity contribution in [2.24, 2.45) is 5.92 Å². The molecule has 6 heteroatoms. The number of benzene rings is 2. The van der Waals surface area contributed by atoms with Crippen molar-refractivity contribution >= 4 is 29.2 Å². The van der Waals surface area contributed by atoms with Crippen LogP contribution in [0.1, 0.15) is 41.8 Å². The number of ether oxygens (including phenoxy) is 1. The molecule has 0 saturated carbocycles. The minimum absolute atomic E-state index is 0.0354. The molecule has 2 aromatic rings. The lowest BCUT2D eigenvalue weighted by atomic mass is 10.0. The van der Waals surface area contributed by atoms with Gasteiger partial charge in [0.25, 0.3) is 0 Å². The van der Waals surface area contributed by atoms with E-state index in [0.29, 0.717) is 24.4 Å². The van der Waals surface area contributed by atoms with Crippen molar-refractivity contribution < 1.29 is 19.1 Å². The molecule has 1 atom stereocenters. The SMILES string of the molecule is CCOC(=O)c1ccc(NC(=O)C2CC(=O)N(c3c(C)cccc3CC)C2)cc1. The van der Waals surface area contributed by atoms with Crippen molar-refractivity contribution in [2.75, 3.05) is 23.4 Å². The second-order valence-electron chi connectivity index (χ2n) is 7.13. The Bertz CT molecular complexity index is 921. The second-order valence-corrected chi connectivity index (χ2v) is 7.13. The van der Waals surface area contributed by atoms with Crippen molar-refractivity contribution in [1.29, 1.82) is 0 Å². The molecule has 1 N–H and O–H groups in total. The fraction of sp³-hybridized carbons (Fsp3) is 0.348. The Hall–Kier alpha value is -3.15. The summed E-state index contributed by atoms with van der Waals surface area (Å²) >= 11 is 0. The number of amides is 2. The van der Waals surface area contributed by atoms with Crippen LogP contribution in [0.5, 0.6) is 0 Å². The zero-order valence-corrected chi connectivity index (χ0v) is 17.0. The monoisotopic (exact) mass is 394 g/mol. The van der Waals surface area contributed by atoms with Gasteiger partial charge in [0, 0.05) is 24.3 Å². The number of hydrogen-bond acceptors (Lipinski definition) is 4. The van der Waals surface area contributed by atoms with Gasteiger partial charge in [0.05, 0.1) is 18.1 Å². The number of esters is 1. The third-order valence-electron chi connectivity index (χ3n) is 5.13. The quantitative estimate of drug-likeness (QED) is 0.758. The lowest BCUT2D eigenvalue weighted by Crippen LogP contribution is -2.29. The van der Waals surface area contributed by atoms with Gasteiger partial charge >= 0.3 is 5.97 Å². The summed E-state index contributed by atoms with van der Waals surface area (Å²) in [5, 5.41) is 2.85. The Morgan fingerprint density at radius 2 is 1.86 bits per heavy atom. The van der Waals surface area contributed by atoms with Gasteiger partial charge in [-0.25, -0.2) is 4.79 Å². The number of carbonyl (C=O) groups excluding carboxylic acids is 3. The first kappa shape index (κ1) is 20.6. The highest BCUT2D eigenvalue weighted by Gasteiger charge is 2.36. The van der Waals surface area contributed by atoms with E-state index in [-0.39, 0.29) is 18.2 Å². The average molecular weight is 394 g/mol. The molecule has 1 fully saturated rings. The van der Waals surface area contributed by atoms with E-state index >= 15 is 0 Å². The first-order chi connectivity index (χ1) is 13.9. The van der Waals surface area contributed by atoms with Gasteiger partial charge in [-0.15, -0.1) is 0 Å². The number of aryl methyl sites for hydroxylation is 2. The first-order valence-electron chi connectivity index (χ1n) is 9.91. The fourth-order valence-corrected chi connectivity index (χ4v) is 3.64. The van der Waals surface area contributed by atoms with Crippen LogP contribution >= 0.6 is 0 Å². The summed E-state index contributed by atoms with van der Waals surface area (Å²) in [6.07, 6.45) is 1.01. The average Bonchev–Trinajstić information content (AvgIpc) is 3.09. The summed E-state index contributed by atoms with van der Waals surface area (Å²) in [6.45, 7) is 6.47. The molecule has 0 aromatic heterocycles. The largest absolute Gasteiger partial charge is 0.462 e. The Labute approximate surface area is 170 Å². The van der Waals surface area contributed by atoms with Crippen molar-refractivity contribution in [1.82, 2.24) is 0 Å². The number of rotatable bonds is 6. The molecule has 152 valence electrons. The van der Waals surface area contributed by atoms with Crippen LogP contribution in [0, 0.1) is 12.8 Å². The number of anilines is 2. The highest BCUT2D eigenvalue weighted by atomic mass is 16.5. The third-order valence-corrected chi connectivity index (χ3v) is 5.13. The van der Waals surface area contributed by atoms with Crippen LogP contribution in [0.4, 0.5) is 11.4 Å². The Morgan fingerprint density at radius 3 is 2.52 bits per heavy atom. The molecule has 0 bridgehead atoms. The van der Waals surface area contributed by atoms with E-state index < -0.39 is 11.9 Å². The van der Waals surface area contributed by atoms with E-state index in [4.69, 9.17) is 4.74 Å². The Kier molecular flexibility index (Phi) is 6.32. The summed E-state index contributed by atoms with van der Waals surface area (Å²) in [4.78, 5) is 38.8. The lowest BCUT2D eigenvalue weighted by molar-refractivity contribution is -0.122. The summed E-state index contributed by atoms with van der Waals surface area (Å²) < 4.78 is 4.96. The van der Waals surface area contributed by atoms with Crippen molar-refractivity contribution in [3.63, 3.8) is 0 Å². The van der Waals surface area contributed by atoms with Crippen molar-refractivity contribution in [3.8, 4) is 0 Å². The summed E-state index contributed by atoms with van der Waals surface area (Å²) in [6, 6.07) is 12.5. The summed E-state index contributed by atoms with van der Waals surface area (Å²) in [5.74, 6) is -1.05. The molecule has 0 spiro atoms. The van der Waals surface area contributed by atoms with Crippen LogP contribution < -0.4 is 10.2 Å². The van der Waals surface area contributed by atoms with Gasteiger partial charge in [-0.1, -0.05) is 25.1 Å². The molecule has 2 amide bonds. The summed E-state index contributed by atoms with van der Waals surface area (Å²) in [7, 11) is 0. The molecule has 1 saturated heterocycles. The van der Waals surface area contributed by atoms with Gasteiger partial charge in [-0.05, 0) is 55.7 Å². The van der Waals surface area contributed by atoms with E-state index in [1.165, 1.54) is 0 Å². The molecule has 1 heterocycles. The standard InChI is InChI=1S/C23H26N2O4/c1-4-16-8-6-7-15(3)21(16)25-14-18(13-20(25)26)22(27)24-19-11-9-17(10-12-19)23(28)29-5-2/h6-12,18H,4-5,13-14H2,1-3H3,(H,24,27). The molecule has 1 aliphatic rings. The number of para-hydroxylation sites is 1. The predicted octanol–water partition coefficient (Wildman–Crippen LogP) is 3.73. The zero-order chi connectivity index (χ0) is 21.0. The van der Waals surface area contributed by atoms with E-state index in [2.05, 4.69) is 12.2 Å². The normalized spacial score (nSPS) is 16.0. The van der Waals surface area contributed by atoms with Crippen molar-refractivity contribution in [3.05, 3.63) is 59.2 Å². The van der Waals surface area contributed by atoms with Crippen LogP contribution in [-0.4, -0.2) is 30.9 Å². The highest BCUT2D eigenvalue weighted by Crippen LogP contribution is 2.32. The number of nitrogens with one attached hydrogen (secondary N) is 1. The van der Waals surface area contributed by atoms with Crippen LogP contribution in [0.15, 0.2) is 42.5 Å². The highest BCUT2D eigenvalue weighted by molar-refractivity contribution is 6.04. The van der Waals surface area contributed by atoms with Gasteiger partial charge in [-0.2, -0.15) is 0 Å². The number of nitrogens with zero attached hydrogens (tertiary/aromatic N) is 1. The van der Waals surface area contributed by atoms with E-state index in [0.717, 1.165) is 23.2 Å². The molecule has 29 heavy (non-hydrogen) atoms. The van der Waals surface area contributed by atoms with Crippen LogP contribution in [0.2, 0.25) is 0 Å². The number of carbonyl (C=O) groups is 3. The number of hydrogen-bond donors (Lipinski definition) is 1. The molecule has 1 unspecified atom stereocenters. The smallest absolute Gasteiger partial charge is 0.338 e. The first-order valence-corrected chi connectivity index (χ1v) is 9.91. The lowest BCUT2D eigenvalue weighted by Gasteiger charge is -2.22. The van der Waals surface area contributed by atoms with Gasteiger partial charge in [0.2, 0.25) is 11.8 Å². The van der Waals surface area contributed by atoms with Gasteiger partial charge in [-0.3, -0.25) is 9.59 Å². The molecule has 2 aromatic carbocycles. The second kappa shape index (κ2) is 8.90. The molecular weight excluding hydrogens is 368 g/mol. The molecule has 0 radical (unpaired) electrons. The Morgan fingerprint density at radius 1 is 1.14 bits per heavy atom. The fourth-order valence-electron chi connectivity index (χ4n) is 3.64. The topological polar surface area (TPSA) is 75.7 Å². The predicted molar refractivity (Wildman–Crippen MR) is 112 cm³/mol. The van der Waals surface area contributed by atoms with Gasteiger partial charge in [0.1, 0.15) is 0 Å². The Balaban J connectivity index is 1.69. The molecule has 6 nitrogen and oxygen atoms in total. The van der Waals surface area contributed by atoms with E-state index in [9.17, 15) is 14.4 Å². The minimum atomic E-state index is -0.420. The van der Waals surface area contributed by atoms with Crippen LogP contribution in [0.3, 0.4) is 0 Å². The van der Waals surface area contributed by atoms with E-state index in [1.54, 1.807) is 36.1 Å². The summed E-state index contributed by atoms with van der Waals surface area (Å²) in [5.41, 5.74) is 4.08. The zero-order valence-electron chi connectivity index (χ0n) is 17.0. The van der Waals surface area contributed by atoms with Crippen LogP contribution in [-0.2, 0) is 20.7 Å². The molecule has 3 rings (SSSR count). The maximum atomic E-state index is 12.7.